The average molecular weight is 233 g/mol. The fraction of sp³-hybridized carbons (Fsp3) is 0.750. The lowest BCUT2D eigenvalue weighted by Gasteiger charge is -2.24. The summed E-state index contributed by atoms with van der Waals surface area (Å²) in [6.45, 7) is 19.5. The molecule has 17 heavy (non-hydrogen) atoms. The van der Waals surface area contributed by atoms with Crippen molar-refractivity contribution in [2.75, 3.05) is 0 Å². The standard InChI is InChI=1S/C16H30B/c1-8-9-10-11-14(6)15(7)17-16(12(2)3)13(4)5/h13-14,16H,2,7-11H2,1,3-6H3. The van der Waals surface area contributed by atoms with Crippen LogP contribution in [0, 0.1) is 11.8 Å². The highest BCUT2D eigenvalue weighted by molar-refractivity contribution is 6.48. The first kappa shape index (κ1) is 16.5. The lowest BCUT2D eigenvalue weighted by atomic mass is 9.51. The molecule has 1 radical (unpaired) electrons. The predicted molar refractivity (Wildman–Crippen MR) is 81.6 cm³/mol. The molecule has 0 aliphatic rings. The van der Waals surface area contributed by atoms with E-state index in [0.29, 0.717) is 17.7 Å². The normalized spacial score (nSPS) is 14.5. The molecule has 0 nitrogen and oxygen atoms in total. The van der Waals surface area contributed by atoms with Crippen molar-refractivity contribution in [2.24, 2.45) is 11.8 Å². The molecule has 0 heterocycles. The van der Waals surface area contributed by atoms with Gasteiger partial charge in [-0.2, -0.15) is 0 Å². The molecular weight excluding hydrogens is 203 g/mol. The maximum Gasteiger partial charge on any atom is 0.154 e. The van der Waals surface area contributed by atoms with Crippen LogP contribution in [0.1, 0.15) is 60.3 Å². The largest absolute Gasteiger partial charge is 0.154 e. The third-order valence-corrected chi connectivity index (χ3v) is 3.55. The number of allylic oxidation sites excluding steroid dienone is 2. The highest BCUT2D eigenvalue weighted by atomic mass is 14.1. The van der Waals surface area contributed by atoms with E-state index in [9.17, 15) is 0 Å². The van der Waals surface area contributed by atoms with Gasteiger partial charge < -0.3 is 0 Å². The molecule has 0 fully saturated rings. The maximum atomic E-state index is 4.24. The van der Waals surface area contributed by atoms with Gasteiger partial charge in [0.1, 0.15) is 0 Å². The fourth-order valence-corrected chi connectivity index (χ4v) is 2.18. The van der Waals surface area contributed by atoms with Crippen molar-refractivity contribution in [1.82, 2.24) is 0 Å². The first-order valence-electron chi connectivity index (χ1n) is 7.09. The lowest BCUT2D eigenvalue weighted by Crippen LogP contribution is -2.17. The Morgan fingerprint density at radius 1 is 1.12 bits per heavy atom. The topological polar surface area (TPSA) is 0 Å². The second-order valence-electron chi connectivity index (χ2n) is 5.75. The Kier molecular flexibility index (Phi) is 8.38. The maximum absolute atomic E-state index is 4.24. The fourth-order valence-electron chi connectivity index (χ4n) is 2.18. The molecule has 0 saturated heterocycles. The summed E-state index contributed by atoms with van der Waals surface area (Å²) in [6, 6.07) is 0. The Morgan fingerprint density at radius 3 is 2.12 bits per heavy atom. The van der Waals surface area contributed by atoms with Gasteiger partial charge in [0.15, 0.2) is 7.28 Å². The molecule has 0 saturated carbocycles. The summed E-state index contributed by atoms with van der Waals surface area (Å²) < 4.78 is 0. The van der Waals surface area contributed by atoms with Crippen LogP contribution in [0.25, 0.3) is 0 Å². The summed E-state index contributed by atoms with van der Waals surface area (Å²) in [6.07, 6.45) is 5.23. The van der Waals surface area contributed by atoms with Crippen molar-refractivity contribution in [3.63, 3.8) is 0 Å². The second-order valence-corrected chi connectivity index (χ2v) is 5.75. The van der Waals surface area contributed by atoms with Crippen molar-refractivity contribution in [3.8, 4) is 0 Å². The van der Waals surface area contributed by atoms with Crippen molar-refractivity contribution >= 4 is 7.28 Å². The van der Waals surface area contributed by atoms with Crippen molar-refractivity contribution < 1.29 is 0 Å². The minimum Gasteiger partial charge on any atom is -0.112 e. The van der Waals surface area contributed by atoms with E-state index in [4.69, 9.17) is 0 Å². The van der Waals surface area contributed by atoms with Crippen LogP contribution >= 0.6 is 0 Å². The van der Waals surface area contributed by atoms with Crippen LogP contribution < -0.4 is 0 Å². The molecule has 0 amide bonds. The average Bonchev–Trinajstić information content (AvgIpc) is 2.24. The van der Waals surface area contributed by atoms with E-state index in [-0.39, 0.29) is 0 Å². The van der Waals surface area contributed by atoms with Gasteiger partial charge in [0.05, 0.1) is 0 Å². The Balaban J connectivity index is 4.16. The van der Waals surface area contributed by atoms with Gasteiger partial charge in [0, 0.05) is 0 Å². The lowest BCUT2D eigenvalue weighted by molar-refractivity contribution is 0.565. The molecule has 0 rings (SSSR count). The van der Waals surface area contributed by atoms with Crippen LogP contribution in [0.15, 0.2) is 24.2 Å². The summed E-state index contributed by atoms with van der Waals surface area (Å²) in [4.78, 5) is 0. The van der Waals surface area contributed by atoms with E-state index in [0.717, 1.165) is 0 Å². The van der Waals surface area contributed by atoms with Crippen LogP contribution in [-0.4, -0.2) is 7.28 Å². The molecule has 0 aromatic rings. The SMILES string of the molecule is C=C([B]C(C(=C)C)C(C)C)C(C)CCCCC. The van der Waals surface area contributed by atoms with Gasteiger partial charge in [0.25, 0.3) is 0 Å². The van der Waals surface area contributed by atoms with E-state index < -0.39 is 0 Å². The highest BCUT2D eigenvalue weighted by Gasteiger charge is 2.19. The van der Waals surface area contributed by atoms with Crippen molar-refractivity contribution in [1.29, 1.82) is 0 Å². The van der Waals surface area contributed by atoms with E-state index in [1.807, 2.05) is 0 Å². The zero-order valence-corrected chi connectivity index (χ0v) is 12.6. The summed E-state index contributed by atoms with van der Waals surface area (Å²) in [5.41, 5.74) is 2.55. The molecule has 0 aliphatic heterocycles. The van der Waals surface area contributed by atoms with Crippen LogP contribution in [0.4, 0.5) is 0 Å². The molecule has 0 spiro atoms. The summed E-state index contributed by atoms with van der Waals surface area (Å²) in [5, 5.41) is 0. The Morgan fingerprint density at radius 2 is 1.71 bits per heavy atom. The Hall–Kier alpha value is -0.455. The predicted octanol–water partition coefficient (Wildman–Crippen LogP) is 5.44. The van der Waals surface area contributed by atoms with Gasteiger partial charge in [-0.15, -0.1) is 18.6 Å². The van der Waals surface area contributed by atoms with Gasteiger partial charge in [0.2, 0.25) is 0 Å². The van der Waals surface area contributed by atoms with Crippen molar-refractivity contribution in [3.05, 3.63) is 24.2 Å². The van der Waals surface area contributed by atoms with E-state index >= 15 is 0 Å². The van der Waals surface area contributed by atoms with Crippen LogP contribution in [-0.2, 0) is 0 Å². The molecule has 0 N–H and O–H groups in total. The molecule has 2 atom stereocenters. The smallest absolute Gasteiger partial charge is 0.112 e. The minimum absolute atomic E-state index is 0.483. The molecule has 0 aromatic heterocycles. The van der Waals surface area contributed by atoms with E-state index in [1.54, 1.807) is 0 Å². The third kappa shape index (κ3) is 6.76. The van der Waals surface area contributed by atoms with Crippen LogP contribution in [0.2, 0.25) is 5.82 Å². The number of rotatable bonds is 9. The molecule has 1 heteroatoms. The van der Waals surface area contributed by atoms with Crippen LogP contribution in [0.3, 0.4) is 0 Å². The second kappa shape index (κ2) is 8.61. The first-order valence-corrected chi connectivity index (χ1v) is 7.09. The summed E-state index contributed by atoms with van der Waals surface area (Å²) in [5.74, 6) is 1.71. The quantitative estimate of drug-likeness (QED) is 0.282. The van der Waals surface area contributed by atoms with Gasteiger partial charge in [-0.1, -0.05) is 52.5 Å². The molecule has 0 bridgehead atoms. The highest BCUT2D eigenvalue weighted by Crippen LogP contribution is 2.28. The van der Waals surface area contributed by atoms with Gasteiger partial charge in [-0.25, -0.2) is 0 Å². The Labute approximate surface area is 110 Å². The van der Waals surface area contributed by atoms with Gasteiger partial charge in [-0.3, -0.25) is 0 Å². The Bertz CT molecular complexity index is 240. The third-order valence-electron chi connectivity index (χ3n) is 3.55. The van der Waals surface area contributed by atoms with E-state index in [2.05, 4.69) is 55.1 Å². The van der Waals surface area contributed by atoms with Crippen LogP contribution in [0.5, 0.6) is 0 Å². The zero-order valence-electron chi connectivity index (χ0n) is 12.6. The van der Waals surface area contributed by atoms with E-state index in [1.165, 1.54) is 36.7 Å². The summed E-state index contributed by atoms with van der Waals surface area (Å²) in [7, 11) is 2.34. The minimum atomic E-state index is 0.483. The summed E-state index contributed by atoms with van der Waals surface area (Å²) >= 11 is 0. The number of hydrogen-bond acceptors (Lipinski definition) is 0. The molecular formula is C16H30B. The monoisotopic (exact) mass is 233 g/mol. The van der Waals surface area contributed by atoms with Crippen molar-refractivity contribution in [2.45, 2.75) is 66.1 Å². The number of hydrogen-bond donors (Lipinski definition) is 0. The van der Waals surface area contributed by atoms with Gasteiger partial charge in [-0.05, 0) is 31.0 Å². The molecule has 97 valence electrons. The first-order chi connectivity index (χ1) is 7.90. The molecule has 0 aromatic carbocycles. The van der Waals surface area contributed by atoms with Gasteiger partial charge >= 0.3 is 0 Å². The number of unbranched alkanes of at least 4 members (excludes halogenated alkanes) is 2. The molecule has 0 aliphatic carbocycles. The molecule has 2 unspecified atom stereocenters. The zero-order chi connectivity index (χ0) is 13.4.